The Labute approximate surface area is 136 Å². The molecule has 0 unspecified atom stereocenters. The number of ether oxygens (including phenoxy) is 1. The van der Waals surface area contributed by atoms with Gasteiger partial charge in [-0.2, -0.15) is 0 Å². The first-order chi connectivity index (χ1) is 10.1. The minimum Gasteiger partial charge on any atom is -0.488 e. The van der Waals surface area contributed by atoms with Gasteiger partial charge < -0.3 is 10.5 Å². The van der Waals surface area contributed by atoms with Crippen molar-refractivity contribution in [3.8, 4) is 5.75 Å². The molecule has 0 aromatic heterocycles. The van der Waals surface area contributed by atoms with Gasteiger partial charge in [0.2, 0.25) is 0 Å². The Kier molecular flexibility index (Phi) is 4.04. The minimum absolute atomic E-state index is 0.461. The highest BCUT2D eigenvalue weighted by molar-refractivity contribution is 9.10. The van der Waals surface area contributed by atoms with Gasteiger partial charge in [-0.3, -0.25) is 0 Å². The standard InChI is InChI=1S/C17H13BrClNO/c18-14-6-5-11(9-16(14)20)10-21-17-8-7-15(19)12-3-1-2-4-13(12)17/h1-9H,10,20H2. The predicted octanol–water partition coefficient (Wildman–Crippen LogP) is 5.42. The molecule has 0 aliphatic heterocycles. The zero-order valence-electron chi connectivity index (χ0n) is 11.1. The summed E-state index contributed by atoms with van der Waals surface area (Å²) < 4.78 is 6.82. The van der Waals surface area contributed by atoms with Crippen molar-refractivity contribution < 1.29 is 4.74 Å². The summed E-state index contributed by atoms with van der Waals surface area (Å²) in [4.78, 5) is 0. The lowest BCUT2D eigenvalue weighted by Crippen LogP contribution is -1.98. The van der Waals surface area contributed by atoms with Gasteiger partial charge in [-0.1, -0.05) is 41.9 Å². The topological polar surface area (TPSA) is 35.2 Å². The fourth-order valence-corrected chi connectivity index (χ4v) is 2.68. The molecule has 0 bridgehead atoms. The molecule has 2 nitrogen and oxygen atoms in total. The minimum atomic E-state index is 0.461. The van der Waals surface area contributed by atoms with E-state index in [9.17, 15) is 0 Å². The zero-order valence-corrected chi connectivity index (χ0v) is 13.5. The Morgan fingerprint density at radius 3 is 2.52 bits per heavy atom. The van der Waals surface area contributed by atoms with E-state index >= 15 is 0 Å². The molecule has 3 rings (SSSR count). The largest absolute Gasteiger partial charge is 0.488 e. The Morgan fingerprint density at radius 1 is 1.00 bits per heavy atom. The SMILES string of the molecule is Nc1cc(COc2ccc(Cl)c3ccccc23)ccc1Br. The molecule has 0 spiro atoms. The van der Waals surface area contributed by atoms with Crippen LogP contribution in [0.1, 0.15) is 5.56 Å². The number of rotatable bonds is 3. The Balaban J connectivity index is 1.88. The van der Waals surface area contributed by atoms with Crippen LogP contribution >= 0.6 is 27.5 Å². The Bertz CT molecular complexity index is 804. The van der Waals surface area contributed by atoms with Crippen molar-refractivity contribution in [2.75, 3.05) is 5.73 Å². The molecule has 21 heavy (non-hydrogen) atoms. The van der Waals surface area contributed by atoms with Crippen LogP contribution in [0.25, 0.3) is 10.8 Å². The van der Waals surface area contributed by atoms with Gasteiger partial charge in [0.05, 0.1) is 0 Å². The average Bonchev–Trinajstić information content (AvgIpc) is 2.50. The van der Waals surface area contributed by atoms with E-state index in [1.807, 2.05) is 54.6 Å². The van der Waals surface area contributed by atoms with Crippen molar-refractivity contribution in [3.05, 3.63) is 69.7 Å². The van der Waals surface area contributed by atoms with Crippen LogP contribution in [0, 0.1) is 0 Å². The van der Waals surface area contributed by atoms with E-state index in [1.165, 1.54) is 0 Å². The van der Waals surface area contributed by atoms with Crippen molar-refractivity contribution in [1.29, 1.82) is 0 Å². The molecule has 0 saturated heterocycles. The van der Waals surface area contributed by atoms with Crippen LogP contribution in [-0.4, -0.2) is 0 Å². The fourth-order valence-electron chi connectivity index (χ4n) is 2.20. The van der Waals surface area contributed by atoms with Crippen molar-refractivity contribution >= 4 is 44.0 Å². The lowest BCUT2D eigenvalue weighted by Gasteiger charge is -2.11. The van der Waals surface area contributed by atoms with Gasteiger partial charge >= 0.3 is 0 Å². The van der Waals surface area contributed by atoms with Gasteiger partial charge in [0.15, 0.2) is 0 Å². The number of hydrogen-bond acceptors (Lipinski definition) is 2. The Hall–Kier alpha value is -1.71. The number of benzene rings is 3. The molecule has 3 aromatic rings. The molecule has 106 valence electrons. The van der Waals surface area contributed by atoms with Crippen molar-refractivity contribution in [3.63, 3.8) is 0 Å². The summed E-state index contributed by atoms with van der Waals surface area (Å²) in [5, 5.41) is 2.73. The normalized spacial score (nSPS) is 10.8. The maximum absolute atomic E-state index is 6.21. The molecule has 0 fully saturated rings. The second-order valence-corrected chi connectivity index (χ2v) is 6.00. The molecule has 3 aromatic carbocycles. The van der Waals surface area contributed by atoms with E-state index in [0.29, 0.717) is 12.3 Å². The van der Waals surface area contributed by atoms with Crippen LogP contribution in [0.3, 0.4) is 0 Å². The van der Waals surface area contributed by atoms with E-state index < -0.39 is 0 Å². The summed E-state index contributed by atoms with van der Waals surface area (Å²) in [5.41, 5.74) is 7.61. The summed E-state index contributed by atoms with van der Waals surface area (Å²) >= 11 is 9.59. The number of halogens is 2. The third-order valence-corrected chi connectivity index (χ3v) is 4.34. The number of anilines is 1. The van der Waals surface area contributed by atoms with Crippen LogP contribution < -0.4 is 10.5 Å². The number of fused-ring (bicyclic) bond motifs is 1. The molecule has 0 heterocycles. The van der Waals surface area contributed by atoms with Gasteiger partial charge in [-0.15, -0.1) is 0 Å². The highest BCUT2D eigenvalue weighted by atomic mass is 79.9. The number of nitrogens with two attached hydrogens (primary N) is 1. The van der Waals surface area contributed by atoms with Gasteiger partial charge in [0, 0.05) is 26.0 Å². The molecule has 0 aliphatic rings. The van der Waals surface area contributed by atoms with Gasteiger partial charge in [-0.05, 0) is 45.8 Å². The molecule has 0 radical (unpaired) electrons. The van der Waals surface area contributed by atoms with Crippen molar-refractivity contribution in [1.82, 2.24) is 0 Å². The lowest BCUT2D eigenvalue weighted by molar-refractivity contribution is 0.310. The van der Waals surface area contributed by atoms with Crippen LogP contribution in [0.5, 0.6) is 5.75 Å². The van der Waals surface area contributed by atoms with Crippen LogP contribution in [-0.2, 0) is 6.61 Å². The molecule has 2 N–H and O–H groups in total. The van der Waals surface area contributed by atoms with E-state index in [4.69, 9.17) is 22.1 Å². The van der Waals surface area contributed by atoms with E-state index in [1.54, 1.807) is 0 Å². The highest BCUT2D eigenvalue weighted by Gasteiger charge is 2.06. The lowest BCUT2D eigenvalue weighted by atomic mass is 10.1. The summed E-state index contributed by atoms with van der Waals surface area (Å²) in [5.74, 6) is 0.816. The summed E-state index contributed by atoms with van der Waals surface area (Å²) in [7, 11) is 0. The average molecular weight is 363 g/mol. The highest BCUT2D eigenvalue weighted by Crippen LogP contribution is 2.32. The first kappa shape index (κ1) is 14.2. The predicted molar refractivity (Wildman–Crippen MR) is 91.8 cm³/mol. The zero-order chi connectivity index (χ0) is 14.8. The quantitative estimate of drug-likeness (QED) is 0.632. The summed E-state index contributed by atoms with van der Waals surface area (Å²) in [6.07, 6.45) is 0. The fraction of sp³-hybridized carbons (Fsp3) is 0.0588. The molecule has 0 saturated carbocycles. The maximum Gasteiger partial charge on any atom is 0.127 e. The van der Waals surface area contributed by atoms with Crippen LogP contribution in [0.2, 0.25) is 5.02 Å². The molecule has 0 aliphatic carbocycles. The van der Waals surface area contributed by atoms with Crippen LogP contribution in [0.15, 0.2) is 59.1 Å². The number of hydrogen-bond donors (Lipinski definition) is 1. The second kappa shape index (κ2) is 5.96. The molecular weight excluding hydrogens is 350 g/mol. The third kappa shape index (κ3) is 2.99. The maximum atomic E-state index is 6.21. The molecule has 0 atom stereocenters. The van der Waals surface area contributed by atoms with Gasteiger partial charge in [-0.25, -0.2) is 0 Å². The smallest absolute Gasteiger partial charge is 0.127 e. The molecule has 0 amide bonds. The molecule has 4 heteroatoms. The van der Waals surface area contributed by atoms with Crippen LogP contribution in [0.4, 0.5) is 5.69 Å². The van der Waals surface area contributed by atoms with Crippen molar-refractivity contribution in [2.45, 2.75) is 6.61 Å². The first-order valence-electron chi connectivity index (χ1n) is 6.49. The number of nitrogen functional groups attached to an aromatic ring is 1. The van der Waals surface area contributed by atoms with E-state index in [-0.39, 0.29) is 0 Å². The van der Waals surface area contributed by atoms with Crippen molar-refractivity contribution in [2.24, 2.45) is 0 Å². The monoisotopic (exact) mass is 361 g/mol. The summed E-state index contributed by atoms with van der Waals surface area (Å²) in [6.45, 7) is 0.461. The van der Waals surface area contributed by atoms with E-state index in [0.717, 1.165) is 31.6 Å². The second-order valence-electron chi connectivity index (χ2n) is 4.74. The van der Waals surface area contributed by atoms with E-state index in [2.05, 4.69) is 15.9 Å². The first-order valence-corrected chi connectivity index (χ1v) is 7.66. The molecular formula is C17H13BrClNO. The van der Waals surface area contributed by atoms with Gasteiger partial charge in [0.1, 0.15) is 12.4 Å². The Morgan fingerprint density at radius 2 is 1.76 bits per heavy atom. The third-order valence-electron chi connectivity index (χ3n) is 3.29. The van der Waals surface area contributed by atoms with Gasteiger partial charge in [0.25, 0.3) is 0 Å². The summed E-state index contributed by atoms with van der Waals surface area (Å²) in [6, 6.07) is 17.5.